The van der Waals surface area contributed by atoms with E-state index in [1.54, 1.807) is 50.2 Å². The predicted molar refractivity (Wildman–Crippen MR) is 155 cm³/mol. The number of hydrogen-bond acceptors (Lipinski definition) is 12. The van der Waals surface area contributed by atoms with Gasteiger partial charge in [-0.1, -0.05) is 52.0 Å². The lowest BCUT2D eigenvalue weighted by atomic mass is 10.1. The lowest BCUT2D eigenvalue weighted by Crippen LogP contribution is -2.36. The molecule has 0 aromatic heterocycles. The van der Waals surface area contributed by atoms with Crippen LogP contribution in [-0.4, -0.2) is 55.4 Å². The summed E-state index contributed by atoms with van der Waals surface area (Å²) in [6, 6.07) is 11.6. The van der Waals surface area contributed by atoms with E-state index < -0.39 is 48.8 Å². The van der Waals surface area contributed by atoms with Crippen molar-refractivity contribution in [3.8, 4) is 17.2 Å². The van der Waals surface area contributed by atoms with Crippen LogP contribution in [0.15, 0.2) is 48.5 Å². The zero-order valence-corrected chi connectivity index (χ0v) is 25.6. The van der Waals surface area contributed by atoms with Crippen molar-refractivity contribution in [3.63, 3.8) is 0 Å². The van der Waals surface area contributed by atoms with Gasteiger partial charge in [0.2, 0.25) is 0 Å². The van der Waals surface area contributed by atoms with E-state index in [0.29, 0.717) is 11.3 Å². The fourth-order valence-corrected chi connectivity index (χ4v) is 3.10. The second kappa shape index (κ2) is 17.0. The van der Waals surface area contributed by atoms with Crippen LogP contribution in [0.1, 0.15) is 54.0 Å². The lowest BCUT2D eigenvalue weighted by molar-refractivity contribution is -0.148. The molecule has 0 saturated carbocycles. The number of esters is 1. The number of hydrogen-bond donors (Lipinski definition) is 1. The van der Waals surface area contributed by atoms with Gasteiger partial charge in [-0.25, -0.2) is 14.4 Å². The molecule has 0 aliphatic heterocycles. The van der Waals surface area contributed by atoms with Gasteiger partial charge in [-0.05, 0) is 68.9 Å². The fraction of sp³-hybridized carbons (Fsp3) is 0.484. The Balaban J connectivity index is 2.03. The number of nitrogens with two attached hydrogens (primary N) is 1. The molecular weight excluding hydrogens is 562 g/mol. The molecule has 0 bridgehead atoms. The molecule has 12 heteroatoms. The van der Waals surface area contributed by atoms with E-state index in [-0.39, 0.29) is 36.4 Å². The molecule has 0 amide bonds. The standard InChI is InChI=1S/C31H41NO11/c1-18(2)21(6)39-30(35)42-26-14-13-23(16-27(26)43-31(36)40-22(7)19(3)4)15-25(32)28(33)37-17-20(5)38-29(34)41-24-11-9-8-10-12-24/h8-14,16,18-22,25H,15,17,32H2,1-7H3/t20-,21?,22?,25-/m0/s1. The van der Waals surface area contributed by atoms with Crippen LogP contribution in [0.5, 0.6) is 17.2 Å². The molecule has 0 aliphatic rings. The predicted octanol–water partition coefficient (Wildman–Crippen LogP) is 5.82. The highest BCUT2D eigenvalue weighted by atomic mass is 16.8. The first-order valence-electron chi connectivity index (χ1n) is 14.0. The lowest BCUT2D eigenvalue weighted by Gasteiger charge is -2.19. The average Bonchev–Trinajstić information content (AvgIpc) is 2.93. The molecule has 2 rings (SSSR count). The molecule has 2 aromatic rings. The molecule has 236 valence electrons. The SMILES string of the molecule is CC(C)C(C)OC(=O)Oc1ccc(C[C@H](N)C(=O)OC[C@H](C)OC(=O)Oc2ccccc2)cc1OC(=O)OC(C)C(C)C. The summed E-state index contributed by atoms with van der Waals surface area (Å²) in [6.07, 6.45) is -4.61. The van der Waals surface area contributed by atoms with Crippen molar-refractivity contribution in [2.75, 3.05) is 6.61 Å². The number of rotatable bonds is 13. The molecular formula is C31H41NO11. The zero-order chi connectivity index (χ0) is 32.1. The fourth-order valence-electron chi connectivity index (χ4n) is 3.10. The first-order chi connectivity index (χ1) is 20.2. The molecule has 0 heterocycles. The molecule has 0 fully saturated rings. The topological polar surface area (TPSA) is 159 Å². The quantitative estimate of drug-likeness (QED) is 0.166. The highest BCUT2D eigenvalue weighted by Crippen LogP contribution is 2.30. The Morgan fingerprint density at radius 1 is 0.674 bits per heavy atom. The molecule has 0 radical (unpaired) electrons. The number of para-hydroxylation sites is 1. The Hall–Kier alpha value is -4.32. The van der Waals surface area contributed by atoms with Crippen LogP contribution in [0.4, 0.5) is 14.4 Å². The van der Waals surface area contributed by atoms with Gasteiger partial charge >= 0.3 is 24.4 Å². The van der Waals surface area contributed by atoms with E-state index in [9.17, 15) is 19.2 Å². The Kier molecular flexibility index (Phi) is 13.8. The molecule has 2 aromatic carbocycles. The first kappa shape index (κ1) is 34.9. The monoisotopic (exact) mass is 603 g/mol. The maximum absolute atomic E-state index is 12.5. The summed E-state index contributed by atoms with van der Waals surface area (Å²) in [5, 5.41) is 0. The van der Waals surface area contributed by atoms with Gasteiger partial charge in [0.1, 0.15) is 36.7 Å². The van der Waals surface area contributed by atoms with Crippen LogP contribution in [-0.2, 0) is 30.2 Å². The van der Waals surface area contributed by atoms with Gasteiger partial charge in [0.25, 0.3) is 0 Å². The molecule has 0 saturated heterocycles. The van der Waals surface area contributed by atoms with Crippen molar-refractivity contribution in [2.24, 2.45) is 17.6 Å². The summed E-state index contributed by atoms with van der Waals surface area (Å²) in [5.74, 6) is -0.587. The van der Waals surface area contributed by atoms with Crippen LogP contribution >= 0.6 is 0 Å². The van der Waals surface area contributed by atoms with Gasteiger partial charge in [0, 0.05) is 0 Å². The van der Waals surface area contributed by atoms with Crippen LogP contribution < -0.4 is 19.9 Å². The Morgan fingerprint density at radius 3 is 1.77 bits per heavy atom. The van der Waals surface area contributed by atoms with Crippen molar-refractivity contribution in [1.82, 2.24) is 0 Å². The highest BCUT2D eigenvalue weighted by Gasteiger charge is 2.23. The van der Waals surface area contributed by atoms with Crippen molar-refractivity contribution in [3.05, 3.63) is 54.1 Å². The van der Waals surface area contributed by atoms with E-state index in [1.807, 2.05) is 27.7 Å². The number of carbonyl (C=O) groups excluding carboxylic acids is 4. The Morgan fingerprint density at radius 2 is 1.21 bits per heavy atom. The summed E-state index contributed by atoms with van der Waals surface area (Å²) < 4.78 is 36.5. The minimum absolute atomic E-state index is 0.0208. The molecule has 12 nitrogen and oxygen atoms in total. The van der Waals surface area contributed by atoms with Crippen molar-refractivity contribution >= 4 is 24.4 Å². The van der Waals surface area contributed by atoms with Crippen LogP contribution in [0.3, 0.4) is 0 Å². The van der Waals surface area contributed by atoms with Gasteiger partial charge in [0.05, 0.1) is 0 Å². The average molecular weight is 604 g/mol. The zero-order valence-electron chi connectivity index (χ0n) is 25.6. The van der Waals surface area contributed by atoms with Crippen LogP contribution in [0, 0.1) is 11.8 Å². The Labute approximate surface area is 251 Å². The van der Waals surface area contributed by atoms with Gasteiger partial charge < -0.3 is 38.9 Å². The van der Waals surface area contributed by atoms with Gasteiger partial charge in [-0.3, -0.25) is 4.79 Å². The van der Waals surface area contributed by atoms with Crippen LogP contribution in [0.2, 0.25) is 0 Å². The van der Waals surface area contributed by atoms with E-state index in [0.717, 1.165) is 0 Å². The summed E-state index contributed by atoms with van der Waals surface area (Å²) in [4.78, 5) is 49.2. The number of benzene rings is 2. The third kappa shape index (κ3) is 12.6. The van der Waals surface area contributed by atoms with Gasteiger partial charge in [-0.2, -0.15) is 0 Å². The molecule has 0 spiro atoms. The molecule has 2 N–H and O–H groups in total. The van der Waals surface area contributed by atoms with Crippen molar-refractivity contribution in [1.29, 1.82) is 0 Å². The van der Waals surface area contributed by atoms with Gasteiger partial charge in [0.15, 0.2) is 11.5 Å². The van der Waals surface area contributed by atoms with E-state index in [2.05, 4.69) is 0 Å². The third-order valence-corrected chi connectivity index (χ3v) is 6.30. The molecule has 43 heavy (non-hydrogen) atoms. The Bertz CT molecular complexity index is 1220. The second-order valence-corrected chi connectivity index (χ2v) is 10.7. The number of carbonyl (C=O) groups is 4. The van der Waals surface area contributed by atoms with E-state index >= 15 is 0 Å². The summed E-state index contributed by atoms with van der Waals surface area (Å²) in [6.45, 7) is 12.2. The smallest absolute Gasteiger partial charge is 0.461 e. The summed E-state index contributed by atoms with van der Waals surface area (Å²) in [5.41, 5.74) is 6.52. The largest absolute Gasteiger partial charge is 0.514 e. The summed E-state index contributed by atoms with van der Waals surface area (Å²) >= 11 is 0. The first-order valence-corrected chi connectivity index (χ1v) is 14.0. The normalized spacial score (nSPS) is 13.7. The molecule has 0 aliphatic carbocycles. The minimum Gasteiger partial charge on any atom is -0.461 e. The molecule has 4 atom stereocenters. The van der Waals surface area contributed by atoms with E-state index in [4.69, 9.17) is 38.9 Å². The van der Waals surface area contributed by atoms with E-state index in [1.165, 1.54) is 19.1 Å². The van der Waals surface area contributed by atoms with Gasteiger partial charge in [-0.15, -0.1) is 0 Å². The minimum atomic E-state index is -1.12. The van der Waals surface area contributed by atoms with Crippen molar-refractivity contribution < 1.29 is 52.3 Å². The number of ether oxygens (including phenoxy) is 7. The second-order valence-electron chi connectivity index (χ2n) is 10.7. The van der Waals surface area contributed by atoms with Crippen molar-refractivity contribution in [2.45, 2.75) is 79.2 Å². The maximum Gasteiger partial charge on any atom is 0.514 e. The third-order valence-electron chi connectivity index (χ3n) is 6.30. The van der Waals surface area contributed by atoms with Crippen LogP contribution in [0.25, 0.3) is 0 Å². The maximum atomic E-state index is 12.5. The highest BCUT2D eigenvalue weighted by molar-refractivity contribution is 5.76. The molecule has 2 unspecified atom stereocenters. The summed E-state index contributed by atoms with van der Waals surface area (Å²) in [7, 11) is 0.